The molecule has 0 aliphatic heterocycles. The number of anilines is 1. The lowest BCUT2D eigenvalue weighted by Crippen LogP contribution is -2.40. The third-order valence-corrected chi connectivity index (χ3v) is 4.94. The molecule has 33 heavy (non-hydrogen) atoms. The summed E-state index contributed by atoms with van der Waals surface area (Å²) in [4.78, 5) is 31.3. The molecule has 2 aromatic carbocycles. The van der Waals surface area contributed by atoms with E-state index in [-0.39, 0.29) is 36.7 Å². The quantitative estimate of drug-likeness (QED) is 0.493. The van der Waals surface area contributed by atoms with Gasteiger partial charge in [0.25, 0.3) is 0 Å². The molecule has 1 N–H and O–H groups in total. The number of rotatable bonds is 9. The van der Waals surface area contributed by atoms with Gasteiger partial charge in [0.2, 0.25) is 17.8 Å². The van der Waals surface area contributed by atoms with Crippen molar-refractivity contribution in [2.24, 2.45) is 5.92 Å². The summed E-state index contributed by atoms with van der Waals surface area (Å²) in [6, 6.07) is 13.2. The second kappa shape index (κ2) is 10.6. The standard InChI is InChI=1S/C25H27FN4O3/c1-5-14-29(24(32)17(2)3)16-23(31)28-25-27-22(18-6-12-21(33-4)13-7-18)15-30(25)20-10-8-19(26)9-11-20/h5-13,15,17H,1,14,16H2,2-4H3,(H,27,28,31). The number of ether oxygens (including phenoxy) is 1. The fraction of sp³-hybridized carbons (Fsp3) is 0.240. The summed E-state index contributed by atoms with van der Waals surface area (Å²) in [6.07, 6.45) is 3.33. The lowest BCUT2D eigenvalue weighted by molar-refractivity contribution is -0.136. The summed E-state index contributed by atoms with van der Waals surface area (Å²) in [7, 11) is 1.59. The average Bonchev–Trinajstić information content (AvgIpc) is 3.22. The van der Waals surface area contributed by atoms with Crippen molar-refractivity contribution in [3.05, 3.63) is 73.2 Å². The second-order valence-corrected chi connectivity index (χ2v) is 7.73. The summed E-state index contributed by atoms with van der Waals surface area (Å²) >= 11 is 0. The molecule has 0 aliphatic carbocycles. The molecule has 0 spiro atoms. The van der Waals surface area contributed by atoms with Crippen LogP contribution in [0.4, 0.5) is 10.3 Å². The van der Waals surface area contributed by atoms with E-state index >= 15 is 0 Å². The van der Waals surface area contributed by atoms with Crippen LogP contribution in [-0.4, -0.2) is 46.5 Å². The van der Waals surface area contributed by atoms with Gasteiger partial charge in [-0.1, -0.05) is 19.9 Å². The number of methoxy groups -OCH3 is 1. The van der Waals surface area contributed by atoms with Crippen LogP contribution in [0.15, 0.2) is 67.4 Å². The minimum Gasteiger partial charge on any atom is -0.497 e. The van der Waals surface area contributed by atoms with Crippen LogP contribution in [0.1, 0.15) is 13.8 Å². The van der Waals surface area contributed by atoms with E-state index in [0.29, 0.717) is 17.1 Å². The molecule has 172 valence electrons. The first-order valence-electron chi connectivity index (χ1n) is 10.5. The van der Waals surface area contributed by atoms with Crippen LogP contribution >= 0.6 is 0 Å². The molecule has 3 aromatic rings. The Morgan fingerprint density at radius 1 is 1.18 bits per heavy atom. The van der Waals surface area contributed by atoms with E-state index in [2.05, 4.69) is 16.9 Å². The Morgan fingerprint density at radius 3 is 2.42 bits per heavy atom. The molecular weight excluding hydrogens is 423 g/mol. The van der Waals surface area contributed by atoms with Crippen molar-refractivity contribution in [2.45, 2.75) is 13.8 Å². The number of amides is 2. The minimum atomic E-state index is -0.402. The van der Waals surface area contributed by atoms with Gasteiger partial charge in [-0.15, -0.1) is 6.58 Å². The molecule has 0 saturated carbocycles. The van der Waals surface area contributed by atoms with E-state index in [1.807, 2.05) is 24.3 Å². The zero-order valence-electron chi connectivity index (χ0n) is 18.9. The lowest BCUT2D eigenvalue weighted by Gasteiger charge is -2.22. The van der Waals surface area contributed by atoms with Crippen molar-refractivity contribution in [3.63, 3.8) is 0 Å². The highest BCUT2D eigenvalue weighted by Crippen LogP contribution is 2.26. The molecule has 0 aliphatic rings. The first-order valence-corrected chi connectivity index (χ1v) is 10.5. The van der Waals surface area contributed by atoms with E-state index in [9.17, 15) is 14.0 Å². The van der Waals surface area contributed by atoms with Gasteiger partial charge >= 0.3 is 0 Å². The fourth-order valence-corrected chi connectivity index (χ4v) is 3.26. The Labute approximate surface area is 192 Å². The van der Waals surface area contributed by atoms with E-state index in [1.54, 1.807) is 49.9 Å². The number of hydrogen-bond donors (Lipinski definition) is 1. The normalized spacial score (nSPS) is 10.7. The molecule has 0 bridgehead atoms. The molecule has 7 nitrogen and oxygen atoms in total. The largest absolute Gasteiger partial charge is 0.497 e. The molecule has 0 unspecified atom stereocenters. The summed E-state index contributed by atoms with van der Waals surface area (Å²) in [5.74, 6) is -0.199. The Balaban J connectivity index is 1.92. The van der Waals surface area contributed by atoms with Crippen molar-refractivity contribution in [2.75, 3.05) is 25.5 Å². The van der Waals surface area contributed by atoms with E-state index in [4.69, 9.17) is 4.74 Å². The van der Waals surface area contributed by atoms with Gasteiger partial charge in [0.05, 0.1) is 12.8 Å². The zero-order chi connectivity index (χ0) is 24.0. The lowest BCUT2D eigenvalue weighted by atomic mass is 10.1. The predicted octanol–water partition coefficient (Wildman–Crippen LogP) is 4.30. The smallest absolute Gasteiger partial charge is 0.246 e. The number of benzene rings is 2. The van der Waals surface area contributed by atoms with Crippen molar-refractivity contribution >= 4 is 17.8 Å². The third-order valence-electron chi connectivity index (χ3n) is 4.94. The van der Waals surface area contributed by atoms with Crippen molar-refractivity contribution in [3.8, 4) is 22.7 Å². The fourth-order valence-electron chi connectivity index (χ4n) is 3.26. The number of imidazole rings is 1. The maximum Gasteiger partial charge on any atom is 0.246 e. The highest BCUT2D eigenvalue weighted by Gasteiger charge is 2.21. The van der Waals surface area contributed by atoms with Crippen LogP contribution in [0.5, 0.6) is 5.75 Å². The number of halogens is 1. The molecule has 8 heteroatoms. The van der Waals surface area contributed by atoms with Crippen molar-refractivity contribution < 1.29 is 18.7 Å². The average molecular weight is 451 g/mol. The first-order chi connectivity index (χ1) is 15.8. The summed E-state index contributed by atoms with van der Waals surface area (Å²) < 4.78 is 20.3. The molecule has 3 rings (SSSR count). The summed E-state index contributed by atoms with van der Waals surface area (Å²) in [6.45, 7) is 7.33. The molecule has 2 amide bonds. The van der Waals surface area contributed by atoms with Gasteiger partial charge in [0.1, 0.15) is 18.1 Å². The van der Waals surface area contributed by atoms with Crippen LogP contribution in [0.3, 0.4) is 0 Å². The van der Waals surface area contributed by atoms with Gasteiger partial charge in [-0.2, -0.15) is 0 Å². The number of carbonyl (C=O) groups is 2. The van der Waals surface area contributed by atoms with Gasteiger partial charge in [0, 0.05) is 29.9 Å². The molecule has 1 heterocycles. The second-order valence-electron chi connectivity index (χ2n) is 7.73. The van der Waals surface area contributed by atoms with Crippen molar-refractivity contribution in [1.29, 1.82) is 0 Å². The predicted molar refractivity (Wildman–Crippen MR) is 126 cm³/mol. The highest BCUT2D eigenvalue weighted by molar-refractivity contribution is 5.94. The number of nitrogens with one attached hydrogen (secondary N) is 1. The van der Waals surface area contributed by atoms with Crippen molar-refractivity contribution in [1.82, 2.24) is 14.5 Å². The first kappa shape index (κ1) is 23.7. The Hall–Kier alpha value is -3.94. The van der Waals surface area contributed by atoms with Gasteiger partial charge in [-0.05, 0) is 48.5 Å². The number of aromatic nitrogens is 2. The van der Waals surface area contributed by atoms with Crippen LogP contribution in [0.2, 0.25) is 0 Å². The maximum atomic E-state index is 13.5. The van der Waals surface area contributed by atoms with E-state index in [1.165, 1.54) is 17.0 Å². The number of nitrogens with zero attached hydrogens (tertiary/aromatic N) is 3. The van der Waals surface area contributed by atoms with Gasteiger partial charge in [0.15, 0.2) is 0 Å². The van der Waals surface area contributed by atoms with Gasteiger partial charge in [-0.25, -0.2) is 9.37 Å². The van der Waals surface area contributed by atoms with E-state index in [0.717, 1.165) is 5.56 Å². The maximum absolute atomic E-state index is 13.5. The topological polar surface area (TPSA) is 76.5 Å². The minimum absolute atomic E-state index is 0.142. The van der Waals surface area contributed by atoms with Crippen LogP contribution in [-0.2, 0) is 9.59 Å². The summed E-state index contributed by atoms with van der Waals surface area (Å²) in [5, 5.41) is 2.79. The van der Waals surface area contributed by atoms with Crippen LogP contribution < -0.4 is 10.1 Å². The molecule has 0 fully saturated rings. The van der Waals surface area contributed by atoms with Crippen LogP contribution in [0.25, 0.3) is 16.9 Å². The molecule has 0 atom stereocenters. The Kier molecular flexibility index (Phi) is 7.61. The monoisotopic (exact) mass is 450 g/mol. The van der Waals surface area contributed by atoms with Gasteiger partial charge < -0.3 is 9.64 Å². The van der Waals surface area contributed by atoms with E-state index < -0.39 is 5.91 Å². The van der Waals surface area contributed by atoms with Gasteiger partial charge in [-0.3, -0.25) is 19.5 Å². The third kappa shape index (κ3) is 5.85. The highest BCUT2D eigenvalue weighted by atomic mass is 19.1. The number of carbonyl (C=O) groups excluding carboxylic acids is 2. The molecule has 0 saturated heterocycles. The van der Waals surface area contributed by atoms with Crippen LogP contribution in [0, 0.1) is 11.7 Å². The molecule has 0 radical (unpaired) electrons. The Bertz CT molecular complexity index is 1120. The zero-order valence-corrected chi connectivity index (χ0v) is 18.9. The Morgan fingerprint density at radius 2 is 1.85 bits per heavy atom. The SMILES string of the molecule is C=CCN(CC(=O)Nc1nc(-c2ccc(OC)cc2)cn1-c1ccc(F)cc1)C(=O)C(C)C. The molecular formula is C25H27FN4O3. The molecule has 1 aromatic heterocycles. The number of hydrogen-bond acceptors (Lipinski definition) is 4. The summed E-state index contributed by atoms with van der Waals surface area (Å²) in [5.41, 5.74) is 2.05.